The van der Waals surface area contributed by atoms with E-state index in [-0.39, 0.29) is 35.5 Å². The molecule has 3 amide bonds. The van der Waals surface area contributed by atoms with Crippen LogP contribution in [0.15, 0.2) is 24.3 Å². The molecule has 7 nitrogen and oxygen atoms in total. The van der Waals surface area contributed by atoms with E-state index in [1.54, 1.807) is 16.7 Å². The molecular weight excluding hydrogens is 450 g/mol. The molecule has 4 rings (SSSR count). The van der Waals surface area contributed by atoms with Crippen LogP contribution in [0.25, 0.3) is 0 Å². The number of hydrogen-bond donors (Lipinski definition) is 1. The van der Waals surface area contributed by atoms with E-state index in [9.17, 15) is 19.5 Å². The highest BCUT2D eigenvalue weighted by molar-refractivity contribution is 8.02. The standard InChI is InChI=1S/C26H39N3O4S/c1-7-12-27-13-8-10-18-19(22(27)31)20-23(32)29(17(15-30)16(2)3)21-24(33)28(25(4,5)6)14-9-11-26(20,21)34-18/h8-11,16-21,30H,7,12-15H2,1-6H3/t17-,18+,19-,20-,21?,26-/m0/s1. The van der Waals surface area contributed by atoms with Crippen LogP contribution in [0, 0.1) is 17.8 Å². The van der Waals surface area contributed by atoms with Gasteiger partial charge >= 0.3 is 0 Å². The lowest BCUT2D eigenvalue weighted by molar-refractivity contribution is -0.149. The van der Waals surface area contributed by atoms with Crippen molar-refractivity contribution < 1.29 is 19.5 Å². The maximum atomic E-state index is 14.2. The molecule has 8 heteroatoms. The number of thioether (sulfide) groups is 1. The number of carbonyl (C=O) groups is 3. The van der Waals surface area contributed by atoms with Crippen LogP contribution in [0.2, 0.25) is 0 Å². The van der Waals surface area contributed by atoms with Crippen LogP contribution in [0.5, 0.6) is 0 Å². The minimum Gasteiger partial charge on any atom is -0.394 e. The second kappa shape index (κ2) is 9.01. The monoisotopic (exact) mass is 489 g/mol. The van der Waals surface area contributed by atoms with E-state index in [0.717, 1.165) is 6.42 Å². The van der Waals surface area contributed by atoms with Gasteiger partial charge in [0.15, 0.2) is 0 Å². The minimum absolute atomic E-state index is 0.00282. The zero-order valence-electron chi connectivity index (χ0n) is 21.2. The van der Waals surface area contributed by atoms with Crippen molar-refractivity contribution in [1.29, 1.82) is 0 Å². The summed E-state index contributed by atoms with van der Waals surface area (Å²) in [6.45, 7) is 13.4. The molecule has 0 aromatic carbocycles. The van der Waals surface area contributed by atoms with Crippen molar-refractivity contribution in [2.75, 3.05) is 26.2 Å². The lowest BCUT2D eigenvalue weighted by atomic mass is 9.78. The first-order valence-electron chi connectivity index (χ1n) is 12.5. The van der Waals surface area contributed by atoms with Gasteiger partial charge in [0.05, 0.1) is 29.2 Å². The van der Waals surface area contributed by atoms with Gasteiger partial charge in [-0.25, -0.2) is 0 Å². The van der Waals surface area contributed by atoms with Gasteiger partial charge in [0.2, 0.25) is 17.7 Å². The van der Waals surface area contributed by atoms with Crippen LogP contribution in [0.3, 0.4) is 0 Å². The largest absolute Gasteiger partial charge is 0.394 e. The molecule has 4 aliphatic heterocycles. The van der Waals surface area contributed by atoms with Crippen molar-refractivity contribution in [2.24, 2.45) is 17.8 Å². The van der Waals surface area contributed by atoms with Crippen molar-refractivity contribution >= 4 is 29.5 Å². The summed E-state index contributed by atoms with van der Waals surface area (Å²) in [4.78, 5) is 47.6. The highest BCUT2D eigenvalue weighted by atomic mass is 32.2. The molecule has 4 heterocycles. The molecule has 6 atom stereocenters. The summed E-state index contributed by atoms with van der Waals surface area (Å²) in [5.74, 6) is -1.45. The van der Waals surface area contributed by atoms with E-state index in [1.807, 2.05) is 69.6 Å². The van der Waals surface area contributed by atoms with Crippen molar-refractivity contribution in [2.45, 2.75) is 75.6 Å². The Labute approximate surface area is 207 Å². The van der Waals surface area contributed by atoms with Gasteiger partial charge in [0.25, 0.3) is 0 Å². The Balaban J connectivity index is 1.88. The van der Waals surface area contributed by atoms with Gasteiger partial charge in [0.1, 0.15) is 6.04 Å². The van der Waals surface area contributed by atoms with Crippen LogP contribution >= 0.6 is 11.8 Å². The number of likely N-dealkylation sites (tertiary alicyclic amines) is 1. The Hall–Kier alpha value is -1.80. The summed E-state index contributed by atoms with van der Waals surface area (Å²) in [6.07, 6.45) is 9.01. The molecule has 1 spiro atoms. The Morgan fingerprint density at radius 2 is 1.82 bits per heavy atom. The van der Waals surface area contributed by atoms with Gasteiger partial charge in [-0.3, -0.25) is 14.4 Å². The molecule has 1 N–H and O–H groups in total. The van der Waals surface area contributed by atoms with Gasteiger partial charge in [-0.15, -0.1) is 11.8 Å². The summed E-state index contributed by atoms with van der Waals surface area (Å²) in [5, 5.41) is 10.2. The lowest BCUT2D eigenvalue weighted by Gasteiger charge is -2.43. The zero-order valence-corrected chi connectivity index (χ0v) is 22.0. The van der Waals surface area contributed by atoms with Crippen LogP contribution < -0.4 is 0 Å². The third-order valence-electron chi connectivity index (χ3n) is 7.80. The molecule has 2 saturated heterocycles. The zero-order chi connectivity index (χ0) is 25.0. The number of rotatable bonds is 5. The van der Waals surface area contributed by atoms with E-state index in [2.05, 4.69) is 6.08 Å². The Kier molecular flexibility index (Phi) is 6.70. The van der Waals surface area contributed by atoms with Gasteiger partial charge in [-0.2, -0.15) is 0 Å². The number of hydrogen-bond acceptors (Lipinski definition) is 5. The fourth-order valence-corrected chi connectivity index (χ4v) is 8.17. The van der Waals surface area contributed by atoms with E-state index in [0.29, 0.717) is 19.6 Å². The smallest absolute Gasteiger partial charge is 0.247 e. The summed E-state index contributed by atoms with van der Waals surface area (Å²) >= 11 is 1.60. The van der Waals surface area contributed by atoms with Crippen molar-refractivity contribution in [3.63, 3.8) is 0 Å². The van der Waals surface area contributed by atoms with Crippen LogP contribution in [-0.4, -0.2) is 91.4 Å². The summed E-state index contributed by atoms with van der Waals surface area (Å²) in [5.41, 5.74) is -0.423. The molecule has 0 aliphatic carbocycles. The number of carbonyl (C=O) groups excluding carboxylic acids is 3. The third-order valence-corrected chi connectivity index (χ3v) is 9.54. The maximum absolute atomic E-state index is 14.2. The predicted octanol–water partition coefficient (Wildman–Crippen LogP) is 2.31. The number of fused-ring (bicyclic) bond motifs is 2. The highest BCUT2D eigenvalue weighted by Crippen LogP contribution is 2.61. The molecule has 0 bridgehead atoms. The molecule has 0 aromatic heterocycles. The average Bonchev–Trinajstić information content (AvgIpc) is 3.06. The van der Waals surface area contributed by atoms with Gasteiger partial charge in [0, 0.05) is 30.4 Å². The SMILES string of the molecule is CCCN1CC=C[C@H]2S[C@]34C=CCN(C(C)(C)C)C(=O)C3N([C@@H](CO)C(C)C)C(=O)[C@@H]4[C@H]2C1=O. The molecule has 0 saturated carbocycles. The van der Waals surface area contributed by atoms with Crippen molar-refractivity contribution in [1.82, 2.24) is 14.7 Å². The first kappa shape index (κ1) is 25.3. The quantitative estimate of drug-likeness (QED) is 0.600. The van der Waals surface area contributed by atoms with E-state index in [4.69, 9.17) is 0 Å². The number of amides is 3. The summed E-state index contributed by atoms with van der Waals surface area (Å²) < 4.78 is -0.832. The van der Waals surface area contributed by atoms with E-state index >= 15 is 0 Å². The summed E-state index contributed by atoms with van der Waals surface area (Å²) in [6, 6.07) is -1.24. The van der Waals surface area contributed by atoms with Gasteiger partial charge < -0.3 is 19.8 Å². The fraction of sp³-hybridized carbons (Fsp3) is 0.731. The second-order valence-electron chi connectivity index (χ2n) is 11.3. The third kappa shape index (κ3) is 3.72. The first-order valence-corrected chi connectivity index (χ1v) is 13.4. The highest BCUT2D eigenvalue weighted by Gasteiger charge is 2.72. The number of nitrogens with zero attached hydrogens (tertiary/aromatic N) is 3. The first-order chi connectivity index (χ1) is 16.0. The molecule has 34 heavy (non-hydrogen) atoms. The maximum Gasteiger partial charge on any atom is 0.247 e. The lowest BCUT2D eigenvalue weighted by Crippen LogP contribution is -2.60. The van der Waals surface area contributed by atoms with Crippen molar-refractivity contribution in [3.8, 4) is 0 Å². The minimum atomic E-state index is -0.832. The average molecular weight is 490 g/mol. The van der Waals surface area contributed by atoms with Crippen LogP contribution in [-0.2, 0) is 14.4 Å². The topological polar surface area (TPSA) is 81.2 Å². The van der Waals surface area contributed by atoms with E-state index in [1.165, 1.54) is 0 Å². The van der Waals surface area contributed by atoms with Crippen molar-refractivity contribution in [3.05, 3.63) is 24.3 Å². The molecule has 0 aromatic rings. The molecule has 0 radical (unpaired) electrons. The normalized spacial score (nSPS) is 34.4. The number of aliphatic hydroxyl groups excluding tert-OH is 1. The summed E-state index contributed by atoms with van der Waals surface area (Å²) in [7, 11) is 0. The molecule has 188 valence electrons. The Bertz CT molecular complexity index is 910. The van der Waals surface area contributed by atoms with Gasteiger partial charge in [-0.1, -0.05) is 45.1 Å². The molecular formula is C26H39N3O4S. The Morgan fingerprint density at radius 3 is 2.41 bits per heavy atom. The molecule has 1 unspecified atom stereocenters. The predicted molar refractivity (Wildman–Crippen MR) is 134 cm³/mol. The van der Waals surface area contributed by atoms with Gasteiger partial charge in [-0.05, 0) is 33.1 Å². The Morgan fingerprint density at radius 1 is 1.12 bits per heavy atom. The van der Waals surface area contributed by atoms with Crippen LogP contribution in [0.4, 0.5) is 0 Å². The second-order valence-corrected chi connectivity index (χ2v) is 12.8. The molecule has 4 aliphatic rings. The number of aliphatic hydroxyl groups is 1. The van der Waals surface area contributed by atoms with E-state index < -0.39 is 34.2 Å². The van der Waals surface area contributed by atoms with Crippen LogP contribution in [0.1, 0.15) is 48.0 Å². The molecule has 2 fully saturated rings. The fourth-order valence-electron chi connectivity index (χ4n) is 6.18.